The van der Waals surface area contributed by atoms with Crippen molar-refractivity contribution in [1.29, 1.82) is 0 Å². The van der Waals surface area contributed by atoms with Crippen molar-refractivity contribution in [2.75, 3.05) is 6.79 Å². The summed E-state index contributed by atoms with van der Waals surface area (Å²) >= 11 is 0. The van der Waals surface area contributed by atoms with Crippen LogP contribution in [0.2, 0.25) is 0 Å². The number of rotatable bonds is 5. The van der Waals surface area contributed by atoms with Gasteiger partial charge in [-0.05, 0) is 31.2 Å². The first-order chi connectivity index (χ1) is 8.91. The standard InChI is InChI=1S/C13H12O6/c1-8(2)12(16)18-7-19-13(17)10-5-3-9(4-6-10)11(14)15/h3-6H,1,7H2,2H3,(H,14,15). The molecule has 0 fully saturated rings. The summed E-state index contributed by atoms with van der Waals surface area (Å²) < 4.78 is 9.26. The van der Waals surface area contributed by atoms with Crippen LogP contribution in [0.15, 0.2) is 36.4 Å². The van der Waals surface area contributed by atoms with E-state index in [1.165, 1.54) is 31.2 Å². The van der Waals surface area contributed by atoms with E-state index in [1.54, 1.807) is 0 Å². The maximum absolute atomic E-state index is 11.5. The number of benzene rings is 1. The summed E-state index contributed by atoms with van der Waals surface area (Å²) in [6.45, 7) is 4.31. The molecule has 1 aromatic carbocycles. The summed E-state index contributed by atoms with van der Waals surface area (Å²) in [5, 5.41) is 8.69. The van der Waals surface area contributed by atoms with Crippen LogP contribution in [0.3, 0.4) is 0 Å². The van der Waals surface area contributed by atoms with E-state index in [-0.39, 0.29) is 16.7 Å². The predicted octanol–water partition coefficient (Wildman–Crippen LogP) is 1.62. The molecule has 0 aliphatic heterocycles. The molecule has 0 amide bonds. The van der Waals surface area contributed by atoms with Crippen LogP contribution < -0.4 is 0 Å². The lowest BCUT2D eigenvalue weighted by Gasteiger charge is -2.06. The zero-order chi connectivity index (χ0) is 14.4. The fourth-order valence-electron chi connectivity index (χ4n) is 1.09. The zero-order valence-electron chi connectivity index (χ0n) is 10.2. The van der Waals surface area contributed by atoms with Crippen LogP contribution in [-0.4, -0.2) is 29.8 Å². The van der Waals surface area contributed by atoms with E-state index in [0.717, 1.165) is 0 Å². The first kappa shape index (κ1) is 14.4. The lowest BCUT2D eigenvalue weighted by atomic mass is 10.1. The number of hydrogen-bond donors (Lipinski definition) is 1. The van der Waals surface area contributed by atoms with Gasteiger partial charge in [-0.1, -0.05) is 6.58 Å². The van der Waals surface area contributed by atoms with Crippen molar-refractivity contribution in [3.63, 3.8) is 0 Å². The maximum Gasteiger partial charge on any atom is 0.340 e. The average Bonchev–Trinajstić information content (AvgIpc) is 2.38. The van der Waals surface area contributed by atoms with Crippen LogP contribution in [0.1, 0.15) is 27.6 Å². The lowest BCUT2D eigenvalue weighted by Crippen LogP contribution is -2.13. The fourth-order valence-corrected chi connectivity index (χ4v) is 1.09. The quantitative estimate of drug-likeness (QED) is 0.493. The van der Waals surface area contributed by atoms with Gasteiger partial charge in [0.2, 0.25) is 6.79 Å². The van der Waals surface area contributed by atoms with Gasteiger partial charge < -0.3 is 14.6 Å². The van der Waals surface area contributed by atoms with Crippen LogP contribution in [-0.2, 0) is 14.3 Å². The van der Waals surface area contributed by atoms with Crippen LogP contribution in [0, 0.1) is 0 Å². The van der Waals surface area contributed by atoms with E-state index in [4.69, 9.17) is 5.11 Å². The number of carbonyl (C=O) groups excluding carboxylic acids is 2. The van der Waals surface area contributed by atoms with Gasteiger partial charge in [0.1, 0.15) is 0 Å². The SMILES string of the molecule is C=C(C)C(=O)OCOC(=O)c1ccc(C(=O)O)cc1. The molecule has 6 heteroatoms. The van der Waals surface area contributed by atoms with E-state index >= 15 is 0 Å². The molecule has 0 aliphatic carbocycles. The van der Waals surface area contributed by atoms with E-state index in [0.29, 0.717) is 0 Å². The maximum atomic E-state index is 11.5. The van der Waals surface area contributed by atoms with E-state index in [2.05, 4.69) is 16.1 Å². The van der Waals surface area contributed by atoms with Crippen molar-refractivity contribution in [2.24, 2.45) is 0 Å². The van der Waals surface area contributed by atoms with Gasteiger partial charge >= 0.3 is 17.9 Å². The second-order valence-corrected chi connectivity index (χ2v) is 3.64. The highest BCUT2D eigenvalue weighted by molar-refractivity contribution is 5.92. The number of hydrogen-bond acceptors (Lipinski definition) is 5. The molecule has 1 rings (SSSR count). The third-order valence-electron chi connectivity index (χ3n) is 2.10. The van der Waals surface area contributed by atoms with Crippen molar-refractivity contribution >= 4 is 17.9 Å². The van der Waals surface area contributed by atoms with Gasteiger partial charge in [-0.15, -0.1) is 0 Å². The predicted molar refractivity (Wildman–Crippen MR) is 64.6 cm³/mol. The van der Waals surface area contributed by atoms with Crippen molar-refractivity contribution < 1.29 is 29.0 Å². The first-order valence-corrected chi connectivity index (χ1v) is 5.25. The Morgan fingerprint density at radius 2 is 1.63 bits per heavy atom. The minimum absolute atomic E-state index is 0.0604. The summed E-state index contributed by atoms with van der Waals surface area (Å²) in [5.74, 6) is -2.46. The average molecular weight is 264 g/mol. The van der Waals surface area contributed by atoms with Gasteiger partial charge in [-0.25, -0.2) is 14.4 Å². The van der Waals surface area contributed by atoms with Crippen molar-refractivity contribution in [2.45, 2.75) is 6.92 Å². The molecule has 0 saturated carbocycles. The van der Waals surface area contributed by atoms with Gasteiger partial charge in [0.25, 0.3) is 0 Å². The van der Waals surface area contributed by atoms with Gasteiger partial charge in [-0.2, -0.15) is 0 Å². The second kappa shape index (κ2) is 6.34. The summed E-state index contributed by atoms with van der Waals surface area (Å²) in [5.41, 5.74) is 0.420. The third-order valence-corrected chi connectivity index (χ3v) is 2.10. The largest absolute Gasteiger partial charge is 0.478 e. The summed E-state index contributed by atoms with van der Waals surface area (Å²) in [4.78, 5) is 33.1. The van der Waals surface area contributed by atoms with E-state index in [9.17, 15) is 14.4 Å². The molecule has 0 bridgehead atoms. The Kier molecular flexibility index (Phi) is 4.82. The molecule has 1 aromatic rings. The molecule has 0 aromatic heterocycles. The second-order valence-electron chi connectivity index (χ2n) is 3.64. The fraction of sp³-hybridized carbons (Fsp3) is 0.154. The Labute approximate surface area is 109 Å². The molecule has 0 radical (unpaired) electrons. The van der Waals surface area contributed by atoms with Gasteiger partial charge in [0.15, 0.2) is 0 Å². The highest BCUT2D eigenvalue weighted by atomic mass is 16.7. The Morgan fingerprint density at radius 3 is 2.11 bits per heavy atom. The number of carboxylic acid groups (broad SMARTS) is 1. The molecule has 0 unspecified atom stereocenters. The lowest BCUT2D eigenvalue weighted by molar-refractivity contribution is -0.147. The smallest absolute Gasteiger partial charge is 0.340 e. The van der Waals surface area contributed by atoms with Crippen molar-refractivity contribution in [1.82, 2.24) is 0 Å². The van der Waals surface area contributed by atoms with Crippen LogP contribution in [0.25, 0.3) is 0 Å². The third kappa shape index (κ3) is 4.27. The molecule has 0 spiro atoms. The highest BCUT2D eigenvalue weighted by Crippen LogP contribution is 2.06. The summed E-state index contributed by atoms with van der Waals surface area (Å²) in [6, 6.07) is 5.18. The summed E-state index contributed by atoms with van der Waals surface area (Å²) in [6.07, 6.45) is 0. The topological polar surface area (TPSA) is 89.9 Å². The molecule has 0 atom stereocenters. The molecule has 0 heterocycles. The van der Waals surface area contributed by atoms with E-state index in [1.807, 2.05) is 0 Å². The Bertz CT molecular complexity index is 514. The number of ether oxygens (including phenoxy) is 2. The highest BCUT2D eigenvalue weighted by Gasteiger charge is 2.10. The van der Waals surface area contributed by atoms with Gasteiger partial charge in [0.05, 0.1) is 11.1 Å². The Balaban J connectivity index is 2.52. The molecular weight excluding hydrogens is 252 g/mol. The van der Waals surface area contributed by atoms with Gasteiger partial charge in [0, 0.05) is 5.57 Å². The minimum Gasteiger partial charge on any atom is -0.478 e. The zero-order valence-corrected chi connectivity index (χ0v) is 10.2. The normalized spacial score (nSPS) is 9.53. The molecule has 100 valence electrons. The van der Waals surface area contributed by atoms with Crippen molar-refractivity contribution in [3.05, 3.63) is 47.5 Å². The summed E-state index contributed by atoms with van der Waals surface area (Å²) in [7, 11) is 0. The number of carbonyl (C=O) groups is 3. The first-order valence-electron chi connectivity index (χ1n) is 5.25. The number of carboxylic acids is 1. The number of esters is 2. The molecule has 19 heavy (non-hydrogen) atoms. The van der Waals surface area contributed by atoms with Crippen molar-refractivity contribution in [3.8, 4) is 0 Å². The minimum atomic E-state index is -1.09. The molecule has 0 aliphatic rings. The molecule has 6 nitrogen and oxygen atoms in total. The Morgan fingerprint density at radius 1 is 1.11 bits per heavy atom. The van der Waals surface area contributed by atoms with Crippen LogP contribution in [0.4, 0.5) is 0 Å². The molecule has 0 saturated heterocycles. The molecule has 1 N–H and O–H groups in total. The van der Waals surface area contributed by atoms with Crippen LogP contribution in [0.5, 0.6) is 0 Å². The Hall–Kier alpha value is -2.63. The van der Waals surface area contributed by atoms with Gasteiger partial charge in [-0.3, -0.25) is 0 Å². The monoisotopic (exact) mass is 264 g/mol. The van der Waals surface area contributed by atoms with E-state index < -0.39 is 24.7 Å². The number of aromatic carboxylic acids is 1. The molecular formula is C13H12O6. The van der Waals surface area contributed by atoms with Crippen LogP contribution >= 0.6 is 0 Å².